The molecule has 2 heteroatoms. The summed E-state index contributed by atoms with van der Waals surface area (Å²) in [6.45, 7) is 9.41. The van der Waals surface area contributed by atoms with Gasteiger partial charge >= 0.3 is 0 Å². The van der Waals surface area contributed by atoms with Gasteiger partial charge in [0.25, 0.3) is 0 Å². The molecule has 0 amide bonds. The first-order valence-corrected chi connectivity index (χ1v) is 9.04. The van der Waals surface area contributed by atoms with Crippen molar-refractivity contribution in [3.05, 3.63) is 0 Å². The molecule has 1 saturated carbocycles. The van der Waals surface area contributed by atoms with Crippen LogP contribution in [0, 0.1) is 17.8 Å². The van der Waals surface area contributed by atoms with Crippen molar-refractivity contribution in [3.8, 4) is 0 Å². The SMILES string of the molecule is CCCC1CCCCN1CC1CC(C(C)C)CCC1O. The van der Waals surface area contributed by atoms with Gasteiger partial charge in [0, 0.05) is 12.6 Å². The normalized spacial score (nSPS) is 36.5. The molecule has 0 radical (unpaired) electrons. The lowest BCUT2D eigenvalue weighted by molar-refractivity contribution is 0.00349. The van der Waals surface area contributed by atoms with Crippen LogP contribution < -0.4 is 0 Å². The van der Waals surface area contributed by atoms with Crippen molar-refractivity contribution in [2.45, 2.75) is 84.3 Å². The first-order valence-electron chi connectivity index (χ1n) is 9.04. The van der Waals surface area contributed by atoms with E-state index in [2.05, 4.69) is 25.7 Å². The minimum Gasteiger partial charge on any atom is -0.393 e. The van der Waals surface area contributed by atoms with Crippen LogP contribution in [0.15, 0.2) is 0 Å². The van der Waals surface area contributed by atoms with Crippen molar-refractivity contribution in [2.75, 3.05) is 13.1 Å². The summed E-state index contributed by atoms with van der Waals surface area (Å²) in [7, 11) is 0. The average molecular weight is 281 g/mol. The third-order valence-corrected chi connectivity index (χ3v) is 5.77. The molecular formula is C18H35NO. The highest BCUT2D eigenvalue weighted by Gasteiger charge is 2.33. The Bertz CT molecular complexity index is 277. The Morgan fingerprint density at radius 1 is 1.15 bits per heavy atom. The predicted molar refractivity (Wildman–Crippen MR) is 85.8 cm³/mol. The second-order valence-corrected chi connectivity index (χ2v) is 7.58. The quantitative estimate of drug-likeness (QED) is 0.821. The zero-order valence-corrected chi connectivity index (χ0v) is 13.9. The van der Waals surface area contributed by atoms with Crippen LogP contribution in [0.25, 0.3) is 0 Å². The molecule has 2 fully saturated rings. The second-order valence-electron chi connectivity index (χ2n) is 7.58. The van der Waals surface area contributed by atoms with E-state index in [1.54, 1.807) is 0 Å². The average Bonchev–Trinajstić information content (AvgIpc) is 2.43. The summed E-state index contributed by atoms with van der Waals surface area (Å²) >= 11 is 0. The maximum Gasteiger partial charge on any atom is 0.0580 e. The minimum atomic E-state index is -0.0470. The van der Waals surface area contributed by atoms with Gasteiger partial charge in [0.2, 0.25) is 0 Å². The number of nitrogens with zero attached hydrogens (tertiary/aromatic N) is 1. The van der Waals surface area contributed by atoms with Crippen molar-refractivity contribution in [1.29, 1.82) is 0 Å². The van der Waals surface area contributed by atoms with Crippen LogP contribution in [0.1, 0.15) is 72.1 Å². The highest BCUT2D eigenvalue weighted by atomic mass is 16.3. The molecule has 1 aliphatic heterocycles. The molecule has 1 aliphatic carbocycles. The Balaban J connectivity index is 1.91. The molecule has 20 heavy (non-hydrogen) atoms. The standard InChI is InChI=1S/C18H35NO/c1-4-7-17-8-5-6-11-19(17)13-16-12-15(14(2)3)9-10-18(16)20/h14-18,20H,4-13H2,1-3H3. The first-order chi connectivity index (χ1) is 9.61. The maximum absolute atomic E-state index is 10.4. The molecule has 0 bridgehead atoms. The minimum absolute atomic E-state index is 0.0470. The molecular weight excluding hydrogens is 246 g/mol. The van der Waals surface area contributed by atoms with Crippen LogP contribution in [-0.2, 0) is 0 Å². The largest absolute Gasteiger partial charge is 0.393 e. The van der Waals surface area contributed by atoms with E-state index in [4.69, 9.17) is 0 Å². The Hall–Kier alpha value is -0.0800. The van der Waals surface area contributed by atoms with E-state index < -0.39 is 0 Å². The third kappa shape index (κ3) is 4.21. The molecule has 2 aliphatic rings. The molecule has 2 rings (SSSR count). The Kier molecular flexibility index (Phi) is 6.35. The lowest BCUT2D eigenvalue weighted by Gasteiger charge is -2.42. The fourth-order valence-corrected chi connectivity index (χ4v) is 4.35. The van der Waals surface area contributed by atoms with Gasteiger partial charge in [0.05, 0.1) is 6.10 Å². The first kappa shape index (κ1) is 16.3. The molecule has 0 aromatic rings. The summed E-state index contributed by atoms with van der Waals surface area (Å²) in [4.78, 5) is 2.71. The van der Waals surface area contributed by atoms with E-state index >= 15 is 0 Å². The summed E-state index contributed by atoms with van der Waals surface area (Å²) in [5, 5.41) is 10.4. The number of piperidine rings is 1. The number of aliphatic hydroxyl groups is 1. The highest BCUT2D eigenvalue weighted by Crippen LogP contribution is 2.35. The van der Waals surface area contributed by atoms with Crippen molar-refractivity contribution in [1.82, 2.24) is 4.90 Å². The molecule has 0 aromatic heterocycles. The van der Waals surface area contributed by atoms with Crippen LogP contribution in [0.3, 0.4) is 0 Å². The van der Waals surface area contributed by atoms with Crippen molar-refractivity contribution in [3.63, 3.8) is 0 Å². The molecule has 0 spiro atoms. The monoisotopic (exact) mass is 281 g/mol. The van der Waals surface area contributed by atoms with Crippen LogP contribution in [-0.4, -0.2) is 35.2 Å². The van der Waals surface area contributed by atoms with E-state index in [0.29, 0.717) is 5.92 Å². The number of likely N-dealkylation sites (tertiary alicyclic amines) is 1. The van der Waals surface area contributed by atoms with Gasteiger partial charge in [-0.1, -0.05) is 33.6 Å². The maximum atomic E-state index is 10.4. The van der Waals surface area contributed by atoms with Crippen molar-refractivity contribution < 1.29 is 5.11 Å². The summed E-state index contributed by atoms with van der Waals surface area (Å²) < 4.78 is 0. The Morgan fingerprint density at radius 2 is 1.95 bits per heavy atom. The second kappa shape index (κ2) is 7.79. The van der Waals surface area contributed by atoms with E-state index in [1.807, 2.05) is 0 Å². The summed E-state index contributed by atoms with van der Waals surface area (Å²) in [6.07, 6.45) is 10.2. The summed E-state index contributed by atoms with van der Waals surface area (Å²) in [5.41, 5.74) is 0. The lowest BCUT2D eigenvalue weighted by atomic mass is 9.74. The molecule has 1 N–H and O–H groups in total. The number of rotatable bonds is 5. The number of hydrogen-bond donors (Lipinski definition) is 1. The van der Waals surface area contributed by atoms with Crippen LogP contribution in [0.2, 0.25) is 0 Å². The Labute approximate surface area is 125 Å². The van der Waals surface area contributed by atoms with Gasteiger partial charge < -0.3 is 10.0 Å². The van der Waals surface area contributed by atoms with E-state index in [0.717, 1.165) is 30.8 Å². The van der Waals surface area contributed by atoms with Gasteiger partial charge in [0.15, 0.2) is 0 Å². The van der Waals surface area contributed by atoms with E-state index in [9.17, 15) is 5.11 Å². The topological polar surface area (TPSA) is 23.5 Å². The smallest absolute Gasteiger partial charge is 0.0580 e. The summed E-state index contributed by atoms with van der Waals surface area (Å²) in [5.74, 6) is 2.13. The van der Waals surface area contributed by atoms with E-state index in [-0.39, 0.29) is 6.10 Å². The zero-order chi connectivity index (χ0) is 14.5. The van der Waals surface area contributed by atoms with Crippen molar-refractivity contribution >= 4 is 0 Å². The van der Waals surface area contributed by atoms with Crippen LogP contribution >= 0.6 is 0 Å². The van der Waals surface area contributed by atoms with Gasteiger partial charge in [-0.3, -0.25) is 0 Å². The van der Waals surface area contributed by atoms with Gasteiger partial charge in [-0.15, -0.1) is 0 Å². The molecule has 1 heterocycles. The third-order valence-electron chi connectivity index (χ3n) is 5.77. The van der Waals surface area contributed by atoms with Gasteiger partial charge in [-0.05, 0) is 62.8 Å². The Morgan fingerprint density at radius 3 is 2.65 bits per heavy atom. The lowest BCUT2D eigenvalue weighted by Crippen LogP contribution is -2.46. The van der Waals surface area contributed by atoms with Gasteiger partial charge in [-0.25, -0.2) is 0 Å². The predicted octanol–water partition coefficient (Wildman–Crippen LogP) is 4.07. The molecule has 4 unspecified atom stereocenters. The molecule has 0 aromatic carbocycles. The molecule has 2 nitrogen and oxygen atoms in total. The van der Waals surface area contributed by atoms with Gasteiger partial charge in [-0.2, -0.15) is 0 Å². The summed E-state index contributed by atoms with van der Waals surface area (Å²) in [6, 6.07) is 0.792. The zero-order valence-electron chi connectivity index (χ0n) is 13.9. The van der Waals surface area contributed by atoms with Crippen LogP contribution in [0.4, 0.5) is 0 Å². The number of hydrogen-bond acceptors (Lipinski definition) is 2. The van der Waals surface area contributed by atoms with Gasteiger partial charge in [0.1, 0.15) is 0 Å². The number of aliphatic hydroxyl groups excluding tert-OH is 1. The molecule has 1 saturated heterocycles. The molecule has 118 valence electrons. The van der Waals surface area contributed by atoms with Crippen molar-refractivity contribution in [2.24, 2.45) is 17.8 Å². The fraction of sp³-hybridized carbons (Fsp3) is 1.00. The van der Waals surface area contributed by atoms with Crippen LogP contribution in [0.5, 0.6) is 0 Å². The van der Waals surface area contributed by atoms with E-state index in [1.165, 1.54) is 51.5 Å². The molecule has 4 atom stereocenters. The fourth-order valence-electron chi connectivity index (χ4n) is 4.35. The highest BCUT2D eigenvalue weighted by molar-refractivity contribution is 4.86.